The van der Waals surface area contributed by atoms with E-state index in [4.69, 9.17) is 10.00 Å². The van der Waals surface area contributed by atoms with Gasteiger partial charge >= 0.3 is 0 Å². The van der Waals surface area contributed by atoms with Crippen LogP contribution in [0, 0.1) is 18.3 Å². The minimum absolute atomic E-state index is 0.544. The number of benzene rings is 1. The summed E-state index contributed by atoms with van der Waals surface area (Å²) in [6, 6.07) is 9.35. The van der Waals surface area contributed by atoms with E-state index in [1.54, 1.807) is 19.2 Å². The summed E-state index contributed by atoms with van der Waals surface area (Å²) >= 11 is 0. The van der Waals surface area contributed by atoms with Gasteiger partial charge in [-0.15, -0.1) is 0 Å². The molecule has 17 heavy (non-hydrogen) atoms. The van der Waals surface area contributed by atoms with E-state index in [1.165, 1.54) is 6.33 Å². The number of hydrogen-bond acceptors (Lipinski definition) is 4. The van der Waals surface area contributed by atoms with Gasteiger partial charge in [-0.05, 0) is 24.6 Å². The minimum Gasteiger partial charge on any atom is -0.480 e. The lowest BCUT2D eigenvalue weighted by Crippen LogP contribution is -1.96. The molecule has 0 amide bonds. The number of nitriles is 1. The predicted octanol–water partition coefficient (Wildman–Crippen LogP) is 2.33. The smallest absolute Gasteiger partial charge is 0.224 e. The van der Waals surface area contributed by atoms with Crippen molar-refractivity contribution >= 4 is 0 Å². The number of hydrogen-bond donors (Lipinski definition) is 0. The lowest BCUT2D eigenvalue weighted by molar-refractivity contribution is 0.398. The first-order valence-corrected chi connectivity index (χ1v) is 5.12. The van der Waals surface area contributed by atoms with Crippen LogP contribution < -0.4 is 4.74 Å². The van der Waals surface area contributed by atoms with Gasteiger partial charge < -0.3 is 4.74 Å². The molecule has 4 heteroatoms. The summed E-state index contributed by atoms with van der Waals surface area (Å²) in [4.78, 5) is 8.23. The summed E-state index contributed by atoms with van der Waals surface area (Å²) in [7, 11) is 1.58. The molecule has 1 aromatic heterocycles. The van der Waals surface area contributed by atoms with Gasteiger partial charge in [-0.2, -0.15) is 5.26 Å². The quantitative estimate of drug-likeness (QED) is 0.787. The third kappa shape index (κ3) is 2.08. The second kappa shape index (κ2) is 4.62. The van der Waals surface area contributed by atoms with Gasteiger partial charge in [0.2, 0.25) is 5.88 Å². The van der Waals surface area contributed by atoms with Crippen LogP contribution in [-0.4, -0.2) is 17.1 Å². The predicted molar refractivity (Wildman–Crippen MR) is 63.5 cm³/mol. The van der Waals surface area contributed by atoms with E-state index in [2.05, 4.69) is 16.0 Å². The Bertz CT molecular complexity index is 570. The van der Waals surface area contributed by atoms with E-state index in [1.807, 2.05) is 19.1 Å². The van der Waals surface area contributed by atoms with Crippen molar-refractivity contribution in [2.45, 2.75) is 6.92 Å². The number of aromatic nitrogens is 2. The fourth-order valence-electron chi connectivity index (χ4n) is 1.65. The highest BCUT2D eigenvalue weighted by Gasteiger charge is 2.10. The Kier molecular flexibility index (Phi) is 3.01. The van der Waals surface area contributed by atoms with Crippen LogP contribution in [-0.2, 0) is 0 Å². The van der Waals surface area contributed by atoms with E-state index in [0.717, 1.165) is 16.8 Å². The molecule has 2 aromatic rings. The van der Waals surface area contributed by atoms with Crippen molar-refractivity contribution in [1.82, 2.24) is 9.97 Å². The van der Waals surface area contributed by atoms with Crippen LogP contribution in [0.5, 0.6) is 5.88 Å². The van der Waals surface area contributed by atoms with Gasteiger partial charge in [0.15, 0.2) is 0 Å². The van der Waals surface area contributed by atoms with Gasteiger partial charge in [0.25, 0.3) is 0 Å². The molecule has 0 unspecified atom stereocenters. The molecule has 0 N–H and O–H groups in total. The zero-order valence-corrected chi connectivity index (χ0v) is 9.64. The first-order chi connectivity index (χ1) is 8.26. The van der Waals surface area contributed by atoms with Crippen LogP contribution in [0.25, 0.3) is 11.1 Å². The molecule has 4 nitrogen and oxygen atoms in total. The summed E-state index contributed by atoms with van der Waals surface area (Å²) in [5.41, 5.74) is 3.28. The zero-order valence-electron chi connectivity index (χ0n) is 9.64. The monoisotopic (exact) mass is 225 g/mol. The summed E-state index contributed by atoms with van der Waals surface area (Å²) in [6.45, 7) is 1.90. The standard InChI is InChI=1S/C13H11N3O/c1-9-12(13(17-2)16-8-15-9)11-5-3-10(7-14)4-6-11/h3-6,8H,1-2H3. The van der Waals surface area contributed by atoms with Crippen molar-refractivity contribution in [3.05, 3.63) is 41.9 Å². The highest BCUT2D eigenvalue weighted by molar-refractivity contribution is 5.71. The van der Waals surface area contributed by atoms with Crippen molar-refractivity contribution in [3.8, 4) is 23.1 Å². The molecular weight excluding hydrogens is 214 g/mol. The summed E-state index contributed by atoms with van der Waals surface area (Å²) < 4.78 is 5.22. The molecule has 0 saturated carbocycles. The van der Waals surface area contributed by atoms with Crippen LogP contribution in [0.2, 0.25) is 0 Å². The van der Waals surface area contributed by atoms with Gasteiger partial charge in [0.1, 0.15) is 6.33 Å². The fraction of sp³-hybridized carbons (Fsp3) is 0.154. The molecule has 84 valence electrons. The molecule has 0 saturated heterocycles. The maximum absolute atomic E-state index is 8.76. The Morgan fingerprint density at radius 3 is 2.47 bits per heavy atom. The van der Waals surface area contributed by atoms with Crippen molar-refractivity contribution in [1.29, 1.82) is 5.26 Å². The van der Waals surface area contributed by atoms with Crippen LogP contribution in [0.1, 0.15) is 11.3 Å². The lowest BCUT2D eigenvalue weighted by atomic mass is 10.0. The average Bonchev–Trinajstić information content (AvgIpc) is 2.38. The molecular formula is C13H11N3O. The fourth-order valence-corrected chi connectivity index (χ4v) is 1.65. The zero-order chi connectivity index (χ0) is 12.3. The van der Waals surface area contributed by atoms with Crippen molar-refractivity contribution in [3.63, 3.8) is 0 Å². The highest BCUT2D eigenvalue weighted by Crippen LogP contribution is 2.29. The molecule has 0 bridgehead atoms. The maximum Gasteiger partial charge on any atom is 0.224 e. The van der Waals surface area contributed by atoms with Gasteiger partial charge in [-0.3, -0.25) is 0 Å². The molecule has 0 atom stereocenters. The third-order valence-corrected chi connectivity index (χ3v) is 2.50. The first kappa shape index (κ1) is 11.1. The Labute approximate surface area is 99.5 Å². The lowest BCUT2D eigenvalue weighted by Gasteiger charge is -2.09. The van der Waals surface area contributed by atoms with E-state index >= 15 is 0 Å². The third-order valence-electron chi connectivity index (χ3n) is 2.50. The normalized spacial score (nSPS) is 9.71. The molecule has 0 radical (unpaired) electrons. The summed E-state index contributed by atoms with van der Waals surface area (Å²) in [5, 5.41) is 8.76. The second-order valence-electron chi connectivity index (χ2n) is 3.53. The van der Waals surface area contributed by atoms with Gasteiger partial charge in [-0.1, -0.05) is 12.1 Å². The van der Waals surface area contributed by atoms with E-state index in [-0.39, 0.29) is 0 Å². The Balaban J connectivity index is 2.56. The molecule has 0 spiro atoms. The van der Waals surface area contributed by atoms with Crippen molar-refractivity contribution in [2.75, 3.05) is 7.11 Å². The molecule has 2 rings (SSSR count). The average molecular weight is 225 g/mol. The van der Waals surface area contributed by atoms with Crippen molar-refractivity contribution in [2.24, 2.45) is 0 Å². The second-order valence-corrected chi connectivity index (χ2v) is 3.53. The number of methoxy groups -OCH3 is 1. The Hall–Kier alpha value is -2.41. The van der Waals surface area contributed by atoms with Crippen LogP contribution in [0.4, 0.5) is 0 Å². The van der Waals surface area contributed by atoms with Crippen LogP contribution in [0.15, 0.2) is 30.6 Å². The SMILES string of the molecule is COc1ncnc(C)c1-c1ccc(C#N)cc1. The maximum atomic E-state index is 8.76. The largest absolute Gasteiger partial charge is 0.480 e. The number of nitrogens with zero attached hydrogens (tertiary/aromatic N) is 3. The minimum atomic E-state index is 0.544. The molecule has 1 aromatic carbocycles. The number of rotatable bonds is 2. The first-order valence-electron chi connectivity index (χ1n) is 5.12. The van der Waals surface area contributed by atoms with Gasteiger partial charge in [0.05, 0.1) is 30.0 Å². The molecule has 0 aliphatic heterocycles. The number of ether oxygens (including phenoxy) is 1. The van der Waals surface area contributed by atoms with Gasteiger partial charge in [-0.25, -0.2) is 9.97 Å². The molecule has 0 aliphatic rings. The van der Waals surface area contributed by atoms with Crippen LogP contribution >= 0.6 is 0 Å². The topological polar surface area (TPSA) is 58.8 Å². The van der Waals surface area contributed by atoms with Gasteiger partial charge in [0, 0.05) is 0 Å². The highest BCUT2D eigenvalue weighted by atomic mass is 16.5. The van der Waals surface area contributed by atoms with E-state index in [0.29, 0.717) is 11.4 Å². The van der Waals surface area contributed by atoms with Crippen molar-refractivity contribution < 1.29 is 4.74 Å². The summed E-state index contributed by atoms with van der Waals surface area (Å²) in [5.74, 6) is 0.544. The van der Waals surface area contributed by atoms with Crippen LogP contribution in [0.3, 0.4) is 0 Å². The van der Waals surface area contributed by atoms with E-state index < -0.39 is 0 Å². The van der Waals surface area contributed by atoms with E-state index in [9.17, 15) is 0 Å². The number of aryl methyl sites for hydroxylation is 1. The Morgan fingerprint density at radius 1 is 1.18 bits per heavy atom. The molecule has 0 aliphatic carbocycles. The molecule has 1 heterocycles. The molecule has 0 fully saturated rings. The summed E-state index contributed by atoms with van der Waals surface area (Å²) in [6.07, 6.45) is 1.47. The Morgan fingerprint density at radius 2 is 1.88 bits per heavy atom.